The summed E-state index contributed by atoms with van der Waals surface area (Å²) in [5, 5.41) is 2.70. The third-order valence-electron chi connectivity index (χ3n) is 4.67. The fourth-order valence-corrected chi connectivity index (χ4v) is 3.23. The van der Waals surface area contributed by atoms with E-state index in [1.807, 2.05) is 0 Å². The largest absolute Gasteiger partial charge is 0.453 e. The van der Waals surface area contributed by atoms with E-state index < -0.39 is 23.7 Å². The highest BCUT2D eigenvalue weighted by Crippen LogP contribution is 2.31. The molecule has 1 saturated heterocycles. The highest BCUT2D eigenvalue weighted by atomic mass is 19.4. The minimum Gasteiger partial charge on any atom is -0.453 e. The number of rotatable bonds is 7. The van der Waals surface area contributed by atoms with Gasteiger partial charge in [-0.2, -0.15) is 13.2 Å². The Morgan fingerprint density at radius 1 is 1.31 bits per heavy atom. The lowest BCUT2D eigenvalue weighted by Crippen LogP contribution is -2.38. The number of furan rings is 1. The molecular weight excluding hydrogens is 389 g/mol. The van der Waals surface area contributed by atoms with Gasteiger partial charge >= 0.3 is 6.18 Å². The van der Waals surface area contributed by atoms with E-state index in [0.29, 0.717) is 25.1 Å². The Hall–Kier alpha value is -2.81. The number of carbonyl (C=O) groups excluding carboxylic acids is 2. The first-order valence-electron chi connectivity index (χ1n) is 9.11. The smallest absolute Gasteiger partial charge is 0.416 e. The molecule has 1 aliphatic heterocycles. The fraction of sp³-hybridized carbons (Fsp3) is 0.400. The summed E-state index contributed by atoms with van der Waals surface area (Å²) in [5.41, 5.74) is -0.557. The average molecular weight is 410 g/mol. The zero-order chi connectivity index (χ0) is 21.0. The van der Waals surface area contributed by atoms with Crippen LogP contribution in [0.4, 0.5) is 13.2 Å². The van der Waals surface area contributed by atoms with E-state index >= 15 is 0 Å². The van der Waals surface area contributed by atoms with Gasteiger partial charge in [0.05, 0.1) is 11.6 Å². The number of alkyl halides is 3. The van der Waals surface area contributed by atoms with Crippen LogP contribution in [-0.4, -0.2) is 36.9 Å². The van der Waals surface area contributed by atoms with Crippen LogP contribution in [0, 0.1) is 0 Å². The lowest BCUT2D eigenvalue weighted by molar-refractivity contribution is -0.137. The maximum Gasteiger partial charge on any atom is 0.416 e. The van der Waals surface area contributed by atoms with Gasteiger partial charge in [-0.05, 0) is 36.2 Å². The van der Waals surface area contributed by atoms with Crippen molar-refractivity contribution in [2.24, 2.45) is 0 Å². The Labute approximate surface area is 165 Å². The maximum atomic E-state index is 13.1. The van der Waals surface area contributed by atoms with Crippen molar-refractivity contribution in [1.29, 1.82) is 0 Å². The lowest BCUT2D eigenvalue weighted by Gasteiger charge is -2.25. The van der Waals surface area contributed by atoms with Gasteiger partial charge in [-0.1, -0.05) is 12.1 Å². The zero-order valence-electron chi connectivity index (χ0n) is 15.8. The number of carbonyl (C=O) groups is 2. The van der Waals surface area contributed by atoms with Crippen molar-refractivity contribution in [2.75, 3.05) is 20.2 Å². The van der Waals surface area contributed by atoms with Crippen LogP contribution in [0.3, 0.4) is 0 Å². The van der Waals surface area contributed by atoms with Gasteiger partial charge in [0.1, 0.15) is 12.4 Å². The number of hydrogen-bond acceptors (Lipinski definition) is 4. The fourth-order valence-electron chi connectivity index (χ4n) is 3.23. The molecule has 0 bridgehead atoms. The van der Waals surface area contributed by atoms with Crippen LogP contribution in [0.2, 0.25) is 0 Å². The van der Waals surface area contributed by atoms with Gasteiger partial charge in [0.2, 0.25) is 5.91 Å². The van der Waals surface area contributed by atoms with E-state index in [1.165, 1.54) is 25.3 Å². The average Bonchev–Trinajstić information content (AvgIpc) is 3.30. The molecule has 1 N–H and O–H groups in total. The van der Waals surface area contributed by atoms with Gasteiger partial charge in [-0.25, -0.2) is 0 Å². The van der Waals surface area contributed by atoms with Crippen molar-refractivity contribution in [3.8, 4) is 0 Å². The molecule has 2 amide bonds. The van der Waals surface area contributed by atoms with Gasteiger partial charge in [-0.3, -0.25) is 9.59 Å². The van der Waals surface area contributed by atoms with E-state index in [-0.39, 0.29) is 30.4 Å². The summed E-state index contributed by atoms with van der Waals surface area (Å²) in [6, 6.07) is 6.97. The minimum absolute atomic E-state index is 0.0155. The summed E-state index contributed by atoms with van der Waals surface area (Å²) in [5.74, 6) is -0.206. The molecule has 0 saturated carbocycles. The van der Waals surface area contributed by atoms with Crippen LogP contribution < -0.4 is 5.32 Å². The monoisotopic (exact) mass is 410 g/mol. The van der Waals surface area contributed by atoms with Crippen molar-refractivity contribution in [3.63, 3.8) is 0 Å². The molecule has 29 heavy (non-hydrogen) atoms. The number of nitrogens with one attached hydrogen (secondary N) is 1. The summed E-state index contributed by atoms with van der Waals surface area (Å²) in [7, 11) is 1.49. The summed E-state index contributed by atoms with van der Waals surface area (Å²) >= 11 is 0. The molecule has 1 aromatic carbocycles. The molecule has 6 nitrogen and oxygen atoms in total. The van der Waals surface area contributed by atoms with Gasteiger partial charge in [0, 0.05) is 26.6 Å². The zero-order valence-corrected chi connectivity index (χ0v) is 15.8. The molecule has 2 heterocycles. The number of halogens is 3. The number of amides is 2. The Balaban J connectivity index is 1.84. The number of benzene rings is 1. The second-order valence-corrected chi connectivity index (χ2v) is 6.79. The lowest BCUT2D eigenvalue weighted by atomic mass is 10.0. The molecule has 3 rings (SSSR count). The van der Waals surface area contributed by atoms with Crippen LogP contribution in [0.25, 0.3) is 0 Å². The number of ether oxygens (including phenoxy) is 1. The normalized spacial score (nSPS) is 15.6. The summed E-state index contributed by atoms with van der Waals surface area (Å²) in [4.78, 5) is 26.2. The van der Waals surface area contributed by atoms with Gasteiger partial charge in [0.15, 0.2) is 5.76 Å². The van der Waals surface area contributed by atoms with E-state index in [9.17, 15) is 22.8 Å². The van der Waals surface area contributed by atoms with E-state index in [1.54, 1.807) is 11.0 Å². The summed E-state index contributed by atoms with van der Waals surface area (Å²) in [6.07, 6.45) is -3.44. The molecule has 1 atom stereocenters. The number of nitrogens with zero attached hydrogens (tertiary/aromatic N) is 1. The quantitative estimate of drug-likeness (QED) is 0.758. The topological polar surface area (TPSA) is 71.8 Å². The first-order valence-corrected chi connectivity index (χ1v) is 9.11. The standard InChI is InChI=1S/C20H21F3N2O4/c1-28-12-15-7-8-17(29-15)19(27)24-16(11-25-9-3-6-18(25)26)13-4-2-5-14(10-13)20(21,22)23/h2,4-5,7-8,10,16H,3,6,9,11-12H2,1H3,(H,24,27). The van der Waals surface area contributed by atoms with Gasteiger partial charge in [-0.15, -0.1) is 0 Å². The van der Waals surface area contributed by atoms with Crippen LogP contribution in [-0.2, 0) is 22.3 Å². The van der Waals surface area contributed by atoms with Crippen molar-refractivity contribution in [1.82, 2.24) is 10.2 Å². The van der Waals surface area contributed by atoms with Crippen molar-refractivity contribution >= 4 is 11.8 Å². The molecule has 1 unspecified atom stereocenters. The first-order chi connectivity index (χ1) is 13.8. The second-order valence-electron chi connectivity index (χ2n) is 6.79. The molecule has 0 aliphatic carbocycles. The van der Waals surface area contributed by atoms with Crippen molar-refractivity contribution in [3.05, 3.63) is 59.0 Å². The molecular formula is C20H21F3N2O4. The molecule has 1 aliphatic rings. The maximum absolute atomic E-state index is 13.1. The second kappa shape index (κ2) is 8.69. The molecule has 0 radical (unpaired) electrons. The van der Waals surface area contributed by atoms with Crippen molar-refractivity contribution < 1.29 is 31.9 Å². The van der Waals surface area contributed by atoms with Crippen molar-refractivity contribution in [2.45, 2.75) is 31.7 Å². The SMILES string of the molecule is COCc1ccc(C(=O)NC(CN2CCCC2=O)c2cccc(C(F)(F)F)c2)o1. The summed E-state index contributed by atoms with van der Waals surface area (Å²) in [6.45, 7) is 0.771. The molecule has 1 aromatic heterocycles. The van der Waals surface area contributed by atoms with E-state index in [0.717, 1.165) is 12.1 Å². The first kappa shape index (κ1) is 20.9. The molecule has 156 valence electrons. The Kier molecular flexibility index (Phi) is 6.26. The number of methoxy groups -OCH3 is 1. The van der Waals surface area contributed by atoms with Gasteiger partial charge < -0.3 is 19.4 Å². The third-order valence-corrected chi connectivity index (χ3v) is 4.67. The minimum atomic E-state index is -4.51. The van der Waals surface area contributed by atoms with E-state index in [4.69, 9.17) is 9.15 Å². The Bertz CT molecular complexity index is 879. The van der Waals surface area contributed by atoms with Gasteiger partial charge in [0.25, 0.3) is 5.91 Å². The Morgan fingerprint density at radius 2 is 2.10 bits per heavy atom. The predicted molar refractivity (Wildman–Crippen MR) is 96.9 cm³/mol. The van der Waals surface area contributed by atoms with E-state index in [2.05, 4.69) is 5.32 Å². The highest BCUT2D eigenvalue weighted by Gasteiger charge is 2.32. The molecule has 0 spiro atoms. The van der Waals surface area contributed by atoms with Crippen LogP contribution in [0.15, 0.2) is 40.8 Å². The highest BCUT2D eigenvalue weighted by molar-refractivity contribution is 5.91. The van der Waals surface area contributed by atoms with Crippen LogP contribution in [0.5, 0.6) is 0 Å². The number of hydrogen-bond donors (Lipinski definition) is 1. The molecule has 9 heteroatoms. The summed E-state index contributed by atoms with van der Waals surface area (Å²) < 4.78 is 49.7. The Morgan fingerprint density at radius 3 is 2.76 bits per heavy atom. The predicted octanol–water partition coefficient (Wildman–Crippen LogP) is 3.54. The third kappa shape index (κ3) is 5.17. The van der Waals surface area contributed by atoms with Crippen LogP contribution >= 0.6 is 0 Å². The van der Waals surface area contributed by atoms with Crippen LogP contribution in [0.1, 0.15) is 46.3 Å². The number of likely N-dealkylation sites (tertiary alicyclic amines) is 1. The molecule has 2 aromatic rings. The molecule has 1 fully saturated rings.